The molecule has 1 fully saturated rings. The van der Waals surface area contributed by atoms with Gasteiger partial charge in [-0.2, -0.15) is 13.2 Å². The lowest BCUT2D eigenvalue weighted by Crippen LogP contribution is -2.36. The van der Waals surface area contributed by atoms with Crippen LogP contribution in [0.25, 0.3) is 27.6 Å². The number of morpholine rings is 1. The molecule has 1 aliphatic rings. The van der Waals surface area contributed by atoms with Gasteiger partial charge < -0.3 is 14.4 Å². The molecule has 2 aromatic carbocycles. The molecule has 35 heavy (non-hydrogen) atoms. The standard InChI is InChI=1S/C25H23F3N4O3/c1-14-11-20(17-5-4-6-19(22(17)29-14)25(26,27)28)32-15(2)30-23-18(24(33)34-3)12-16(13-21(23)32)31-7-9-35-10-8-31/h4-6,11-13H,7-10H2,1-3H3. The molecular weight excluding hydrogens is 461 g/mol. The number of halogens is 3. The highest BCUT2D eigenvalue weighted by Crippen LogP contribution is 2.37. The zero-order chi connectivity index (χ0) is 24.9. The number of hydrogen-bond acceptors (Lipinski definition) is 6. The second-order valence-electron chi connectivity index (χ2n) is 8.43. The van der Waals surface area contributed by atoms with Crippen LogP contribution in [0.1, 0.15) is 27.4 Å². The van der Waals surface area contributed by atoms with Crippen molar-refractivity contribution in [1.29, 1.82) is 0 Å². The Kier molecular flexibility index (Phi) is 5.63. The Labute approximate surface area is 199 Å². The van der Waals surface area contributed by atoms with Crippen molar-refractivity contribution in [3.05, 3.63) is 59.0 Å². The maximum Gasteiger partial charge on any atom is 0.418 e. The number of pyridine rings is 1. The molecule has 7 nitrogen and oxygen atoms in total. The molecule has 1 saturated heterocycles. The lowest BCUT2D eigenvalue weighted by molar-refractivity contribution is -0.136. The number of para-hydroxylation sites is 1. The highest BCUT2D eigenvalue weighted by atomic mass is 19.4. The fourth-order valence-electron chi connectivity index (χ4n) is 4.62. The van der Waals surface area contributed by atoms with Gasteiger partial charge in [0, 0.05) is 29.9 Å². The van der Waals surface area contributed by atoms with Gasteiger partial charge in [0.15, 0.2) is 0 Å². The Morgan fingerprint density at radius 2 is 1.80 bits per heavy atom. The van der Waals surface area contributed by atoms with Gasteiger partial charge in [0.1, 0.15) is 11.3 Å². The molecule has 182 valence electrons. The number of esters is 1. The highest BCUT2D eigenvalue weighted by Gasteiger charge is 2.34. The Morgan fingerprint density at radius 3 is 2.49 bits per heavy atom. The first kappa shape index (κ1) is 23.1. The summed E-state index contributed by atoms with van der Waals surface area (Å²) in [4.78, 5) is 23.6. The van der Waals surface area contributed by atoms with Gasteiger partial charge in [-0.1, -0.05) is 12.1 Å². The van der Waals surface area contributed by atoms with Gasteiger partial charge in [-0.15, -0.1) is 0 Å². The van der Waals surface area contributed by atoms with Crippen molar-refractivity contribution < 1.29 is 27.4 Å². The molecule has 0 amide bonds. The van der Waals surface area contributed by atoms with Crippen LogP contribution in [0, 0.1) is 13.8 Å². The fraction of sp³-hybridized carbons (Fsp3) is 0.320. The van der Waals surface area contributed by atoms with Crippen LogP contribution in [0.2, 0.25) is 0 Å². The number of rotatable bonds is 3. The molecule has 0 aliphatic carbocycles. The lowest BCUT2D eigenvalue weighted by Gasteiger charge is -2.29. The molecule has 0 radical (unpaired) electrons. The van der Waals surface area contributed by atoms with Crippen LogP contribution in [-0.2, 0) is 15.7 Å². The predicted octanol–water partition coefficient (Wildman–Crippen LogP) is 4.83. The number of benzene rings is 2. The minimum atomic E-state index is -4.55. The van der Waals surface area contributed by atoms with Gasteiger partial charge in [-0.25, -0.2) is 9.78 Å². The van der Waals surface area contributed by atoms with Crippen LogP contribution in [0.15, 0.2) is 36.4 Å². The molecule has 2 aromatic heterocycles. The maximum absolute atomic E-state index is 13.8. The van der Waals surface area contributed by atoms with Crippen molar-refractivity contribution >= 4 is 33.6 Å². The van der Waals surface area contributed by atoms with Crippen molar-refractivity contribution in [2.45, 2.75) is 20.0 Å². The first-order chi connectivity index (χ1) is 16.7. The lowest BCUT2D eigenvalue weighted by atomic mass is 10.1. The molecule has 0 N–H and O–H groups in total. The van der Waals surface area contributed by atoms with E-state index in [-0.39, 0.29) is 5.52 Å². The molecule has 4 aromatic rings. The largest absolute Gasteiger partial charge is 0.465 e. The smallest absolute Gasteiger partial charge is 0.418 e. The number of carbonyl (C=O) groups is 1. The number of nitrogens with zero attached hydrogens (tertiary/aromatic N) is 4. The number of methoxy groups -OCH3 is 1. The van der Waals surface area contributed by atoms with Crippen molar-refractivity contribution in [3.63, 3.8) is 0 Å². The van der Waals surface area contributed by atoms with Crippen LogP contribution >= 0.6 is 0 Å². The Hall–Kier alpha value is -3.66. The summed E-state index contributed by atoms with van der Waals surface area (Å²) in [5, 5.41) is 0.337. The minimum Gasteiger partial charge on any atom is -0.465 e. The molecule has 0 spiro atoms. The number of carbonyl (C=O) groups excluding carboxylic acids is 1. The molecule has 0 saturated carbocycles. The van der Waals surface area contributed by atoms with E-state index in [9.17, 15) is 18.0 Å². The van der Waals surface area contributed by atoms with E-state index in [1.165, 1.54) is 13.2 Å². The summed E-state index contributed by atoms with van der Waals surface area (Å²) in [6.45, 7) is 5.81. The summed E-state index contributed by atoms with van der Waals surface area (Å²) in [5.74, 6) is -0.0153. The number of aromatic nitrogens is 3. The number of alkyl halides is 3. The number of ether oxygens (including phenoxy) is 2. The Morgan fingerprint density at radius 1 is 1.06 bits per heavy atom. The van der Waals surface area contributed by atoms with Gasteiger partial charge in [0.25, 0.3) is 0 Å². The SMILES string of the molecule is COC(=O)c1cc(N2CCOCC2)cc2c1nc(C)n2-c1cc(C)nc2c(C(F)(F)F)cccc12. The molecular formula is C25H23F3N4O3. The molecule has 1 aliphatic heterocycles. The molecule has 10 heteroatoms. The van der Waals surface area contributed by atoms with E-state index in [1.54, 1.807) is 36.6 Å². The van der Waals surface area contributed by atoms with E-state index >= 15 is 0 Å². The molecule has 0 atom stereocenters. The topological polar surface area (TPSA) is 69.5 Å². The average Bonchev–Trinajstić information content (AvgIpc) is 3.17. The second kappa shape index (κ2) is 8.53. The molecule has 3 heterocycles. The maximum atomic E-state index is 13.8. The van der Waals surface area contributed by atoms with Crippen LogP contribution in [-0.4, -0.2) is 53.9 Å². The minimum absolute atomic E-state index is 0.131. The average molecular weight is 484 g/mol. The summed E-state index contributed by atoms with van der Waals surface area (Å²) < 4.78 is 53.6. The zero-order valence-electron chi connectivity index (χ0n) is 19.4. The van der Waals surface area contributed by atoms with Gasteiger partial charge in [0.05, 0.1) is 48.2 Å². The third-order valence-electron chi connectivity index (χ3n) is 6.19. The van der Waals surface area contributed by atoms with Crippen LogP contribution < -0.4 is 4.90 Å². The van der Waals surface area contributed by atoms with E-state index in [2.05, 4.69) is 14.9 Å². The van der Waals surface area contributed by atoms with Gasteiger partial charge >= 0.3 is 12.1 Å². The number of fused-ring (bicyclic) bond motifs is 2. The summed E-state index contributed by atoms with van der Waals surface area (Å²) in [6, 6.07) is 9.40. The Bertz CT molecular complexity index is 1460. The third kappa shape index (κ3) is 3.97. The second-order valence-corrected chi connectivity index (χ2v) is 8.43. The van der Waals surface area contributed by atoms with Crippen molar-refractivity contribution in [2.24, 2.45) is 0 Å². The summed E-state index contributed by atoms with van der Waals surface area (Å²) in [7, 11) is 1.30. The number of aryl methyl sites for hydroxylation is 2. The molecule has 0 bridgehead atoms. The van der Waals surface area contributed by atoms with Gasteiger partial charge in [-0.3, -0.25) is 9.55 Å². The monoisotopic (exact) mass is 484 g/mol. The third-order valence-corrected chi connectivity index (χ3v) is 6.19. The van der Waals surface area contributed by atoms with E-state index in [0.717, 1.165) is 11.8 Å². The van der Waals surface area contributed by atoms with Gasteiger partial charge in [-0.05, 0) is 38.1 Å². The number of hydrogen-bond donors (Lipinski definition) is 0. The van der Waals surface area contributed by atoms with Crippen LogP contribution in [0.5, 0.6) is 0 Å². The van der Waals surface area contributed by atoms with Crippen molar-refractivity contribution in [1.82, 2.24) is 14.5 Å². The molecule has 5 rings (SSSR count). The number of anilines is 1. The fourth-order valence-corrected chi connectivity index (χ4v) is 4.62. The van der Waals surface area contributed by atoms with E-state index in [0.29, 0.717) is 65.5 Å². The number of imidazole rings is 1. The quantitative estimate of drug-likeness (QED) is 0.388. The molecule has 0 unspecified atom stereocenters. The first-order valence-corrected chi connectivity index (χ1v) is 11.1. The first-order valence-electron chi connectivity index (χ1n) is 11.1. The van der Waals surface area contributed by atoms with E-state index < -0.39 is 17.7 Å². The zero-order valence-corrected chi connectivity index (χ0v) is 19.4. The van der Waals surface area contributed by atoms with Gasteiger partial charge in [0.2, 0.25) is 0 Å². The van der Waals surface area contributed by atoms with E-state index in [4.69, 9.17) is 9.47 Å². The summed E-state index contributed by atoms with van der Waals surface area (Å²) in [6.07, 6.45) is -4.55. The van der Waals surface area contributed by atoms with Crippen molar-refractivity contribution in [2.75, 3.05) is 38.3 Å². The predicted molar refractivity (Wildman–Crippen MR) is 125 cm³/mol. The normalized spacial score (nSPS) is 14.6. The van der Waals surface area contributed by atoms with Crippen LogP contribution in [0.4, 0.5) is 18.9 Å². The van der Waals surface area contributed by atoms with Crippen molar-refractivity contribution in [3.8, 4) is 5.69 Å². The summed E-state index contributed by atoms with van der Waals surface area (Å²) in [5.41, 5.74) is 2.10. The Balaban J connectivity index is 1.83. The van der Waals surface area contributed by atoms with Crippen LogP contribution in [0.3, 0.4) is 0 Å². The highest BCUT2D eigenvalue weighted by molar-refractivity contribution is 6.05. The van der Waals surface area contributed by atoms with E-state index in [1.807, 2.05) is 6.07 Å². The summed E-state index contributed by atoms with van der Waals surface area (Å²) >= 11 is 0.